The first-order valence-corrected chi connectivity index (χ1v) is 11.3. The number of nitro benzene ring substituents is 1. The summed E-state index contributed by atoms with van der Waals surface area (Å²) >= 11 is 7.82. The number of nitro groups is 1. The van der Waals surface area contributed by atoms with E-state index in [9.17, 15) is 14.9 Å². The molecule has 1 aromatic heterocycles. The van der Waals surface area contributed by atoms with E-state index in [0.29, 0.717) is 23.9 Å². The molecule has 3 aromatic rings. The molecule has 1 aliphatic heterocycles. The Morgan fingerprint density at radius 3 is 2.72 bits per heavy atom. The normalized spacial score (nSPS) is 14.5. The van der Waals surface area contributed by atoms with Crippen molar-refractivity contribution in [1.82, 2.24) is 15.2 Å². The molecule has 4 rings (SSSR count). The minimum atomic E-state index is -0.542. The van der Waals surface area contributed by atoms with Crippen LogP contribution in [0.3, 0.4) is 0 Å². The number of para-hydroxylation sites is 1. The van der Waals surface area contributed by atoms with E-state index in [1.165, 1.54) is 12.1 Å². The Bertz CT molecular complexity index is 1150. The number of halogens is 1. The Morgan fingerprint density at radius 2 is 2.00 bits per heavy atom. The number of ether oxygens (including phenoxy) is 1. The van der Waals surface area contributed by atoms with Gasteiger partial charge in [-0.3, -0.25) is 19.8 Å². The highest BCUT2D eigenvalue weighted by Crippen LogP contribution is 2.38. The van der Waals surface area contributed by atoms with Crippen molar-refractivity contribution in [2.75, 3.05) is 51.3 Å². The van der Waals surface area contributed by atoms with Crippen molar-refractivity contribution in [3.8, 4) is 5.75 Å². The lowest BCUT2D eigenvalue weighted by molar-refractivity contribution is -0.385. The van der Waals surface area contributed by atoms with Crippen molar-refractivity contribution in [3.05, 3.63) is 57.1 Å². The summed E-state index contributed by atoms with van der Waals surface area (Å²) in [5, 5.41) is 15.4. The summed E-state index contributed by atoms with van der Waals surface area (Å²) < 4.78 is 6.43. The molecule has 1 amide bonds. The summed E-state index contributed by atoms with van der Waals surface area (Å²) in [6.45, 7) is 4.37. The average Bonchev–Trinajstić information content (AvgIpc) is 3.23. The van der Waals surface area contributed by atoms with Crippen molar-refractivity contribution in [2.45, 2.75) is 0 Å². The van der Waals surface area contributed by atoms with Crippen LogP contribution in [0.25, 0.3) is 10.2 Å². The van der Waals surface area contributed by atoms with Crippen LogP contribution in [0.4, 0.5) is 10.8 Å². The molecule has 2 heterocycles. The molecule has 11 heteroatoms. The van der Waals surface area contributed by atoms with Crippen LogP contribution < -0.4 is 15.0 Å². The number of piperazine rings is 1. The van der Waals surface area contributed by atoms with Crippen molar-refractivity contribution in [3.63, 3.8) is 0 Å². The molecule has 1 aliphatic rings. The zero-order valence-electron chi connectivity index (χ0n) is 17.4. The maximum absolute atomic E-state index is 12.3. The second-order valence-corrected chi connectivity index (χ2v) is 8.70. The van der Waals surface area contributed by atoms with E-state index in [2.05, 4.69) is 15.1 Å². The SMILES string of the molecule is COc1c(Cl)ccc2sc(N3CCN(CCNC(=O)c4ccccc4[N+](=O)[O-])CC3)nc12. The van der Waals surface area contributed by atoms with E-state index < -0.39 is 10.8 Å². The van der Waals surface area contributed by atoms with E-state index in [0.717, 1.165) is 41.5 Å². The third-order valence-corrected chi connectivity index (χ3v) is 6.74. The number of rotatable bonds is 7. The summed E-state index contributed by atoms with van der Waals surface area (Å²) in [6.07, 6.45) is 0. The Balaban J connectivity index is 1.30. The number of anilines is 1. The lowest BCUT2D eigenvalue weighted by Gasteiger charge is -2.34. The van der Waals surface area contributed by atoms with Crippen LogP contribution in [0, 0.1) is 10.1 Å². The molecule has 0 saturated carbocycles. The minimum Gasteiger partial charge on any atom is -0.493 e. The fraction of sp³-hybridized carbons (Fsp3) is 0.333. The van der Waals surface area contributed by atoms with E-state index >= 15 is 0 Å². The van der Waals surface area contributed by atoms with E-state index in [4.69, 9.17) is 21.3 Å². The fourth-order valence-corrected chi connectivity index (χ4v) is 4.92. The topological polar surface area (TPSA) is 101 Å². The number of methoxy groups -OCH3 is 1. The predicted molar refractivity (Wildman–Crippen MR) is 125 cm³/mol. The van der Waals surface area contributed by atoms with Gasteiger partial charge in [0.05, 0.1) is 21.8 Å². The van der Waals surface area contributed by atoms with Crippen LogP contribution in [-0.4, -0.2) is 67.1 Å². The molecule has 0 unspecified atom stereocenters. The van der Waals surface area contributed by atoms with E-state index in [1.54, 1.807) is 30.6 Å². The summed E-state index contributed by atoms with van der Waals surface area (Å²) in [5.74, 6) is 0.165. The molecule has 0 bridgehead atoms. The molecule has 168 valence electrons. The number of amides is 1. The average molecular weight is 476 g/mol. The molecule has 1 saturated heterocycles. The summed E-state index contributed by atoms with van der Waals surface area (Å²) in [5.41, 5.74) is 0.668. The smallest absolute Gasteiger partial charge is 0.282 e. The monoisotopic (exact) mass is 475 g/mol. The first kappa shape index (κ1) is 22.3. The highest BCUT2D eigenvalue weighted by Gasteiger charge is 2.22. The Labute approximate surface area is 193 Å². The van der Waals surface area contributed by atoms with Crippen LogP contribution in [0.2, 0.25) is 5.02 Å². The largest absolute Gasteiger partial charge is 0.493 e. The van der Waals surface area contributed by atoms with Crippen molar-refractivity contribution < 1.29 is 14.5 Å². The second kappa shape index (κ2) is 9.68. The van der Waals surface area contributed by atoms with Crippen molar-refractivity contribution in [1.29, 1.82) is 0 Å². The van der Waals surface area contributed by atoms with Crippen molar-refractivity contribution >= 4 is 49.9 Å². The Morgan fingerprint density at radius 1 is 1.25 bits per heavy atom. The standard InChI is InChI=1S/C21H22ClN5O4S/c1-31-19-15(22)6-7-17-18(19)24-21(32-17)26-12-10-25(11-13-26)9-8-23-20(28)14-4-2-3-5-16(14)27(29)30/h2-7H,8-13H2,1H3,(H,23,28). The summed E-state index contributed by atoms with van der Waals surface area (Å²) in [4.78, 5) is 32.1. The number of aromatic nitrogens is 1. The summed E-state index contributed by atoms with van der Waals surface area (Å²) in [7, 11) is 1.59. The lowest BCUT2D eigenvalue weighted by Crippen LogP contribution is -2.48. The number of nitrogens with zero attached hydrogens (tertiary/aromatic N) is 4. The molecule has 0 atom stereocenters. The number of hydrogen-bond donors (Lipinski definition) is 1. The Hall–Kier alpha value is -2.95. The van der Waals surface area contributed by atoms with Gasteiger partial charge in [0, 0.05) is 45.3 Å². The lowest BCUT2D eigenvalue weighted by atomic mass is 10.1. The van der Waals surface area contributed by atoms with Gasteiger partial charge in [0.25, 0.3) is 11.6 Å². The van der Waals surface area contributed by atoms with E-state index in [1.807, 2.05) is 12.1 Å². The zero-order chi connectivity index (χ0) is 22.7. The zero-order valence-corrected chi connectivity index (χ0v) is 19.0. The number of carbonyl (C=O) groups is 1. The van der Waals surface area contributed by atoms with Gasteiger partial charge in [-0.25, -0.2) is 4.98 Å². The number of fused-ring (bicyclic) bond motifs is 1. The van der Waals surface area contributed by atoms with Gasteiger partial charge in [0.2, 0.25) is 0 Å². The highest BCUT2D eigenvalue weighted by atomic mass is 35.5. The quantitative estimate of drug-likeness (QED) is 0.412. The van der Waals surface area contributed by atoms with Gasteiger partial charge in [-0.05, 0) is 18.2 Å². The van der Waals surface area contributed by atoms with Gasteiger partial charge in [-0.1, -0.05) is 35.1 Å². The molecule has 0 radical (unpaired) electrons. The van der Waals surface area contributed by atoms with Gasteiger partial charge >= 0.3 is 0 Å². The number of nitrogens with one attached hydrogen (secondary N) is 1. The minimum absolute atomic E-state index is 0.0775. The third-order valence-electron chi connectivity index (χ3n) is 5.36. The van der Waals surface area contributed by atoms with Crippen LogP contribution in [0.1, 0.15) is 10.4 Å². The van der Waals surface area contributed by atoms with Crippen LogP contribution in [0.5, 0.6) is 5.75 Å². The maximum Gasteiger partial charge on any atom is 0.282 e. The van der Waals surface area contributed by atoms with Crippen molar-refractivity contribution in [2.24, 2.45) is 0 Å². The molecule has 0 aliphatic carbocycles. The van der Waals surface area contributed by atoms with Crippen LogP contribution in [-0.2, 0) is 0 Å². The maximum atomic E-state index is 12.3. The number of benzene rings is 2. The molecule has 2 aromatic carbocycles. The molecular weight excluding hydrogens is 454 g/mol. The summed E-state index contributed by atoms with van der Waals surface area (Å²) in [6, 6.07) is 9.74. The molecule has 1 N–H and O–H groups in total. The van der Waals surface area contributed by atoms with E-state index in [-0.39, 0.29) is 11.3 Å². The molecule has 1 fully saturated rings. The molecule has 9 nitrogen and oxygen atoms in total. The van der Waals surface area contributed by atoms with Gasteiger partial charge in [0.1, 0.15) is 11.1 Å². The van der Waals surface area contributed by atoms with Gasteiger partial charge in [-0.2, -0.15) is 0 Å². The Kier molecular flexibility index (Phi) is 6.73. The molecular formula is C21H22ClN5O4S. The fourth-order valence-electron chi connectivity index (χ4n) is 3.67. The number of hydrogen-bond acceptors (Lipinski definition) is 8. The molecule has 0 spiro atoms. The number of carbonyl (C=O) groups excluding carboxylic acids is 1. The number of thiazole rings is 1. The van der Waals surface area contributed by atoms with Crippen LogP contribution in [0.15, 0.2) is 36.4 Å². The van der Waals surface area contributed by atoms with Gasteiger partial charge in [0.15, 0.2) is 10.9 Å². The second-order valence-electron chi connectivity index (χ2n) is 7.28. The first-order valence-electron chi connectivity index (χ1n) is 10.1. The first-order chi connectivity index (χ1) is 15.5. The molecule has 32 heavy (non-hydrogen) atoms. The third kappa shape index (κ3) is 4.62. The van der Waals surface area contributed by atoms with Crippen LogP contribution >= 0.6 is 22.9 Å². The highest BCUT2D eigenvalue weighted by molar-refractivity contribution is 7.22. The predicted octanol–water partition coefficient (Wildman–Crippen LogP) is 3.42. The van der Waals surface area contributed by atoms with Gasteiger partial charge < -0.3 is 15.0 Å². The van der Waals surface area contributed by atoms with Gasteiger partial charge in [-0.15, -0.1) is 0 Å².